The highest BCUT2D eigenvalue weighted by atomic mass is 16.1. The van der Waals surface area contributed by atoms with E-state index in [0.29, 0.717) is 22.8 Å². The minimum Gasteiger partial charge on any atom is -0.372 e. The van der Waals surface area contributed by atoms with E-state index in [9.17, 15) is 4.79 Å². The molecule has 2 rings (SSSR count). The summed E-state index contributed by atoms with van der Waals surface area (Å²) in [5.74, 6) is 1.13. The van der Waals surface area contributed by atoms with Crippen molar-refractivity contribution in [3.63, 3.8) is 0 Å². The van der Waals surface area contributed by atoms with E-state index in [4.69, 9.17) is 0 Å². The molecule has 0 aliphatic heterocycles. The standard InChI is InChI=1S/C13H20N4O/c1-9(2)13(4-5-13)8-17-12(18)10-6-16-11(14-3)7-15-10/h6-7,9H,4-5,8H2,1-3H3,(H,14,16)(H,17,18). The minimum atomic E-state index is -0.142. The summed E-state index contributed by atoms with van der Waals surface area (Å²) < 4.78 is 0. The Hall–Kier alpha value is -1.65. The van der Waals surface area contributed by atoms with Crippen LogP contribution in [0.5, 0.6) is 0 Å². The van der Waals surface area contributed by atoms with Crippen molar-refractivity contribution in [1.29, 1.82) is 0 Å². The molecule has 1 aromatic rings. The Balaban J connectivity index is 1.91. The molecular weight excluding hydrogens is 228 g/mol. The molecule has 2 N–H and O–H groups in total. The Morgan fingerprint density at radius 1 is 1.39 bits per heavy atom. The molecule has 1 amide bonds. The highest BCUT2D eigenvalue weighted by Gasteiger charge is 2.45. The van der Waals surface area contributed by atoms with Crippen LogP contribution in [0.2, 0.25) is 0 Å². The number of anilines is 1. The Bertz CT molecular complexity index is 423. The smallest absolute Gasteiger partial charge is 0.271 e. The van der Waals surface area contributed by atoms with E-state index in [2.05, 4.69) is 34.4 Å². The second-order valence-corrected chi connectivity index (χ2v) is 5.24. The van der Waals surface area contributed by atoms with Gasteiger partial charge in [0.05, 0.1) is 12.4 Å². The van der Waals surface area contributed by atoms with Gasteiger partial charge in [0.15, 0.2) is 0 Å². The fraction of sp³-hybridized carbons (Fsp3) is 0.615. The number of rotatable bonds is 5. The van der Waals surface area contributed by atoms with Gasteiger partial charge in [0.2, 0.25) is 0 Å². The third kappa shape index (κ3) is 2.60. The van der Waals surface area contributed by atoms with Crippen LogP contribution in [0.4, 0.5) is 5.82 Å². The van der Waals surface area contributed by atoms with Gasteiger partial charge in [-0.05, 0) is 24.2 Å². The molecule has 1 heterocycles. The van der Waals surface area contributed by atoms with Crippen LogP contribution in [0.25, 0.3) is 0 Å². The molecule has 98 valence electrons. The van der Waals surface area contributed by atoms with Gasteiger partial charge in [-0.3, -0.25) is 4.79 Å². The van der Waals surface area contributed by atoms with Crippen molar-refractivity contribution in [1.82, 2.24) is 15.3 Å². The quantitative estimate of drug-likeness (QED) is 0.832. The number of carbonyl (C=O) groups excluding carboxylic acids is 1. The molecule has 18 heavy (non-hydrogen) atoms. The van der Waals surface area contributed by atoms with E-state index in [1.165, 1.54) is 19.0 Å². The van der Waals surface area contributed by atoms with Crippen LogP contribution in [-0.4, -0.2) is 29.5 Å². The molecule has 1 aromatic heterocycles. The van der Waals surface area contributed by atoms with E-state index in [0.717, 1.165) is 6.54 Å². The zero-order valence-electron chi connectivity index (χ0n) is 11.2. The molecule has 5 heteroatoms. The second-order valence-electron chi connectivity index (χ2n) is 5.24. The number of amides is 1. The minimum absolute atomic E-state index is 0.142. The molecule has 0 saturated heterocycles. The lowest BCUT2D eigenvalue weighted by Gasteiger charge is -2.19. The third-order valence-corrected chi connectivity index (χ3v) is 3.86. The van der Waals surface area contributed by atoms with Gasteiger partial charge in [-0.25, -0.2) is 9.97 Å². The lowest BCUT2D eigenvalue weighted by molar-refractivity contribution is 0.0934. The molecule has 0 bridgehead atoms. The first-order valence-electron chi connectivity index (χ1n) is 6.35. The van der Waals surface area contributed by atoms with Crippen molar-refractivity contribution in [2.75, 3.05) is 18.9 Å². The normalized spacial score (nSPS) is 16.4. The largest absolute Gasteiger partial charge is 0.372 e. The molecule has 0 atom stereocenters. The summed E-state index contributed by atoms with van der Waals surface area (Å²) in [6, 6.07) is 0. The molecule has 0 aromatic carbocycles. The Morgan fingerprint density at radius 2 is 2.11 bits per heavy atom. The van der Waals surface area contributed by atoms with Crippen molar-refractivity contribution in [3.8, 4) is 0 Å². The van der Waals surface area contributed by atoms with E-state index in [1.807, 2.05) is 0 Å². The first kappa shape index (κ1) is 12.8. The maximum atomic E-state index is 11.9. The van der Waals surface area contributed by atoms with Gasteiger partial charge in [-0.2, -0.15) is 0 Å². The summed E-state index contributed by atoms with van der Waals surface area (Å²) in [6.45, 7) is 5.15. The zero-order chi connectivity index (χ0) is 13.2. The lowest BCUT2D eigenvalue weighted by atomic mass is 9.92. The van der Waals surface area contributed by atoms with Gasteiger partial charge in [-0.1, -0.05) is 13.8 Å². The summed E-state index contributed by atoms with van der Waals surface area (Å²) >= 11 is 0. The molecule has 1 aliphatic rings. The number of carbonyl (C=O) groups is 1. The van der Waals surface area contributed by atoms with Crippen molar-refractivity contribution >= 4 is 11.7 Å². The number of hydrogen-bond donors (Lipinski definition) is 2. The predicted octanol–water partition coefficient (Wildman–Crippen LogP) is 1.68. The number of nitrogens with zero attached hydrogens (tertiary/aromatic N) is 2. The average Bonchev–Trinajstić information content (AvgIpc) is 3.17. The predicted molar refractivity (Wildman–Crippen MR) is 70.4 cm³/mol. The first-order valence-corrected chi connectivity index (χ1v) is 6.35. The molecule has 1 fully saturated rings. The third-order valence-electron chi connectivity index (χ3n) is 3.86. The molecule has 0 radical (unpaired) electrons. The number of aromatic nitrogens is 2. The Kier molecular flexibility index (Phi) is 3.50. The van der Waals surface area contributed by atoms with Crippen molar-refractivity contribution in [2.45, 2.75) is 26.7 Å². The van der Waals surface area contributed by atoms with Crippen molar-refractivity contribution in [3.05, 3.63) is 18.1 Å². The van der Waals surface area contributed by atoms with Crippen LogP contribution < -0.4 is 10.6 Å². The molecule has 0 spiro atoms. The molecule has 0 unspecified atom stereocenters. The van der Waals surface area contributed by atoms with E-state index in [1.54, 1.807) is 13.2 Å². The van der Waals surface area contributed by atoms with Crippen LogP contribution >= 0.6 is 0 Å². The fourth-order valence-electron chi connectivity index (χ4n) is 2.04. The monoisotopic (exact) mass is 248 g/mol. The fourth-order valence-corrected chi connectivity index (χ4v) is 2.04. The summed E-state index contributed by atoms with van der Waals surface area (Å²) in [4.78, 5) is 20.1. The van der Waals surface area contributed by atoms with Crippen LogP contribution in [0.15, 0.2) is 12.4 Å². The maximum absolute atomic E-state index is 11.9. The summed E-state index contributed by atoms with van der Waals surface area (Å²) in [6.07, 6.45) is 5.46. The van der Waals surface area contributed by atoms with Gasteiger partial charge in [0.25, 0.3) is 5.91 Å². The zero-order valence-corrected chi connectivity index (χ0v) is 11.2. The van der Waals surface area contributed by atoms with Crippen LogP contribution in [0.1, 0.15) is 37.2 Å². The topological polar surface area (TPSA) is 66.9 Å². The van der Waals surface area contributed by atoms with Gasteiger partial charge in [0, 0.05) is 13.6 Å². The van der Waals surface area contributed by atoms with Crippen LogP contribution in [0.3, 0.4) is 0 Å². The van der Waals surface area contributed by atoms with Crippen LogP contribution in [0, 0.1) is 11.3 Å². The number of nitrogens with one attached hydrogen (secondary N) is 2. The Morgan fingerprint density at radius 3 is 2.56 bits per heavy atom. The highest BCUT2D eigenvalue weighted by molar-refractivity contribution is 5.92. The average molecular weight is 248 g/mol. The lowest BCUT2D eigenvalue weighted by Crippen LogP contribution is -2.33. The summed E-state index contributed by atoms with van der Waals surface area (Å²) in [5.41, 5.74) is 0.683. The van der Waals surface area contributed by atoms with Crippen LogP contribution in [-0.2, 0) is 0 Å². The second kappa shape index (κ2) is 4.92. The molecule has 5 nitrogen and oxygen atoms in total. The van der Waals surface area contributed by atoms with Crippen molar-refractivity contribution in [2.24, 2.45) is 11.3 Å². The van der Waals surface area contributed by atoms with Gasteiger partial charge in [-0.15, -0.1) is 0 Å². The van der Waals surface area contributed by atoms with E-state index < -0.39 is 0 Å². The van der Waals surface area contributed by atoms with Gasteiger partial charge >= 0.3 is 0 Å². The molecular formula is C13H20N4O. The van der Waals surface area contributed by atoms with Gasteiger partial charge < -0.3 is 10.6 Å². The van der Waals surface area contributed by atoms with E-state index in [-0.39, 0.29) is 5.91 Å². The van der Waals surface area contributed by atoms with Crippen molar-refractivity contribution < 1.29 is 4.79 Å². The number of hydrogen-bond acceptors (Lipinski definition) is 4. The molecule has 1 saturated carbocycles. The Labute approximate surface area is 107 Å². The summed E-state index contributed by atoms with van der Waals surface area (Å²) in [7, 11) is 1.77. The molecule has 1 aliphatic carbocycles. The van der Waals surface area contributed by atoms with Gasteiger partial charge in [0.1, 0.15) is 11.5 Å². The first-order chi connectivity index (χ1) is 8.57. The SMILES string of the molecule is CNc1cnc(C(=O)NCC2(C(C)C)CC2)cn1. The van der Waals surface area contributed by atoms with E-state index >= 15 is 0 Å². The highest BCUT2D eigenvalue weighted by Crippen LogP contribution is 2.51. The summed E-state index contributed by atoms with van der Waals surface area (Å²) in [5, 5.41) is 5.83. The maximum Gasteiger partial charge on any atom is 0.271 e.